The summed E-state index contributed by atoms with van der Waals surface area (Å²) in [6.07, 6.45) is 0. The lowest BCUT2D eigenvalue weighted by molar-refractivity contribution is 0.0927. The number of amides is 2. The molecule has 0 saturated carbocycles. The van der Waals surface area contributed by atoms with Crippen LogP contribution in [0.4, 0.5) is 4.39 Å². The first-order valence-electron chi connectivity index (χ1n) is 9.55. The molecule has 3 aromatic carbocycles. The van der Waals surface area contributed by atoms with Crippen molar-refractivity contribution in [3.05, 3.63) is 89.2 Å². The van der Waals surface area contributed by atoms with Crippen molar-refractivity contribution in [3.8, 4) is 16.9 Å². The molecule has 0 bridgehead atoms. The second kappa shape index (κ2) is 9.69. The van der Waals surface area contributed by atoms with E-state index in [0.717, 1.165) is 5.56 Å². The maximum atomic E-state index is 13.7. The number of carbonyl (C=O) groups excluding carboxylic acids is 2. The van der Waals surface area contributed by atoms with Crippen molar-refractivity contribution in [1.29, 1.82) is 0 Å². The normalized spacial score (nSPS) is 10.4. The Morgan fingerprint density at radius 3 is 2.37 bits per heavy atom. The second-order valence-corrected chi connectivity index (χ2v) is 6.75. The minimum absolute atomic E-state index is 0.178. The first kappa shape index (κ1) is 21.0. The van der Waals surface area contributed by atoms with E-state index < -0.39 is 0 Å². The Bertz CT molecular complexity index is 1070. The fourth-order valence-electron chi connectivity index (χ4n) is 3.11. The summed E-state index contributed by atoms with van der Waals surface area (Å²) in [5, 5.41) is 5.57. The molecule has 2 amide bonds. The van der Waals surface area contributed by atoms with Gasteiger partial charge in [0.1, 0.15) is 11.6 Å². The molecule has 0 heterocycles. The number of hydrogen-bond donors (Lipinski definition) is 2. The monoisotopic (exact) mass is 406 g/mol. The third-order valence-electron chi connectivity index (χ3n) is 4.68. The molecule has 0 aliphatic heterocycles. The molecular formula is C24H23FN2O3. The molecule has 0 aliphatic rings. The average molecular weight is 406 g/mol. The third kappa shape index (κ3) is 5.03. The van der Waals surface area contributed by atoms with Gasteiger partial charge in [0.25, 0.3) is 11.8 Å². The van der Waals surface area contributed by atoms with E-state index in [4.69, 9.17) is 4.74 Å². The lowest BCUT2D eigenvalue weighted by Gasteiger charge is -2.11. The minimum Gasteiger partial charge on any atom is -0.496 e. The van der Waals surface area contributed by atoms with Gasteiger partial charge in [-0.2, -0.15) is 0 Å². The van der Waals surface area contributed by atoms with Gasteiger partial charge >= 0.3 is 0 Å². The third-order valence-corrected chi connectivity index (χ3v) is 4.68. The van der Waals surface area contributed by atoms with E-state index in [1.807, 2.05) is 25.1 Å². The van der Waals surface area contributed by atoms with Crippen LogP contribution in [0.15, 0.2) is 66.7 Å². The van der Waals surface area contributed by atoms with E-state index in [1.54, 1.807) is 36.4 Å². The van der Waals surface area contributed by atoms with Crippen molar-refractivity contribution in [3.63, 3.8) is 0 Å². The van der Waals surface area contributed by atoms with Gasteiger partial charge in [0, 0.05) is 29.8 Å². The zero-order valence-electron chi connectivity index (χ0n) is 16.9. The topological polar surface area (TPSA) is 67.4 Å². The van der Waals surface area contributed by atoms with Crippen molar-refractivity contribution in [2.75, 3.05) is 20.2 Å². The minimum atomic E-state index is -0.384. The van der Waals surface area contributed by atoms with E-state index in [9.17, 15) is 14.0 Å². The van der Waals surface area contributed by atoms with E-state index in [-0.39, 0.29) is 24.2 Å². The van der Waals surface area contributed by atoms with Gasteiger partial charge in [-0.15, -0.1) is 0 Å². The van der Waals surface area contributed by atoms with Crippen LogP contribution in [-0.2, 0) is 0 Å². The molecule has 5 nitrogen and oxygen atoms in total. The second-order valence-electron chi connectivity index (χ2n) is 6.75. The Labute approximate surface area is 174 Å². The van der Waals surface area contributed by atoms with Crippen molar-refractivity contribution in [2.24, 2.45) is 0 Å². The Balaban J connectivity index is 1.60. The molecule has 0 aromatic heterocycles. The Hall–Kier alpha value is -3.67. The van der Waals surface area contributed by atoms with Gasteiger partial charge in [-0.3, -0.25) is 9.59 Å². The number of aryl methyl sites for hydroxylation is 1. The molecule has 0 aliphatic carbocycles. The van der Waals surface area contributed by atoms with Crippen molar-refractivity contribution >= 4 is 11.8 Å². The number of ether oxygens (including phenoxy) is 1. The Morgan fingerprint density at radius 2 is 1.63 bits per heavy atom. The number of hydrogen-bond acceptors (Lipinski definition) is 3. The fraction of sp³-hybridized carbons (Fsp3) is 0.167. The van der Waals surface area contributed by atoms with Crippen molar-refractivity contribution in [1.82, 2.24) is 10.6 Å². The van der Waals surface area contributed by atoms with Crippen LogP contribution in [-0.4, -0.2) is 32.0 Å². The van der Waals surface area contributed by atoms with Crippen LogP contribution < -0.4 is 15.4 Å². The van der Waals surface area contributed by atoms with Crippen LogP contribution in [0.3, 0.4) is 0 Å². The molecular weight excluding hydrogens is 383 g/mol. The Kier molecular flexibility index (Phi) is 6.80. The summed E-state index contributed by atoms with van der Waals surface area (Å²) in [5.41, 5.74) is 3.18. The highest BCUT2D eigenvalue weighted by Gasteiger charge is 2.12. The van der Waals surface area contributed by atoms with E-state index >= 15 is 0 Å². The van der Waals surface area contributed by atoms with Gasteiger partial charge in [-0.25, -0.2) is 4.39 Å². The summed E-state index contributed by atoms with van der Waals surface area (Å²) >= 11 is 0. The van der Waals surface area contributed by atoms with Gasteiger partial charge in [0.2, 0.25) is 0 Å². The standard InChI is InChI=1S/C24H23FN2O3/c1-16-6-3-4-9-20(16)24(29)27-13-12-26-23(28)18-8-5-7-17(14-18)21-15-19(25)10-11-22(21)30-2/h3-11,14-15H,12-13H2,1-2H3,(H,26,28)(H,27,29). The zero-order chi connectivity index (χ0) is 21.5. The van der Waals surface area contributed by atoms with Crippen LogP contribution in [0.5, 0.6) is 5.75 Å². The van der Waals surface area contributed by atoms with Crippen LogP contribution in [0.2, 0.25) is 0 Å². The number of benzene rings is 3. The summed E-state index contributed by atoms with van der Waals surface area (Å²) in [6, 6.07) is 18.4. The van der Waals surface area contributed by atoms with E-state index in [2.05, 4.69) is 10.6 Å². The maximum Gasteiger partial charge on any atom is 0.251 e. The molecule has 0 saturated heterocycles. The number of halogens is 1. The average Bonchev–Trinajstić information content (AvgIpc) is 2.76. The van der Waals surface area contributed by atoms with Gasteiger partial charge in [-0.05, 0) is 54.4 Å². The van der Waals surface area contributed by atoms with Crippen molar-refractivity contribution in [2.45, 2.75) is 6.92 Å². The summed E-state index contributed by atoms with van der Waals surface area (Å²) in [4.78, 5) is 24.7. The summed E-state index contributed by atoms with van der Waals surface area (Å²) in [5.74, 6) is -0.321. The Morgan fingerprint density at radius 1 is 0.900 bits per heavy atom. The summed E-state index contributed by atoms with van der Waals surface area (Å²) in [6.45, 7) is 2.46. The van der Waals surface area contributed by atoms with Crippen LogP contribution in [0, 0.1) is 12.7 Å². The number of carbonyl (C=O) groups is 2. The van der Waals surface area contributed by atoms with Gasteiger partial charge in [0.05, 0.1) is 7.11 Å². The predicted molar refractivity (Wildman–Crippen MR) is 114 cm³/mol. The molecule has 154 valence electrons. The molecule has 0 radical (unpaired) electrons. The SMILES string of the molecule is COc1ccc(F)cc1-c1cccc(C(=O)NCCNC(=O)c2ccccc2C)c1. The molecule has 3 rings (SSSR count). The largest absolute Gasteiger partial charge is 0.496 e. The highest BCUT2D eigenvalue weighted by atomic mass is 19.1. The van der Waals surface area contributed by atoms with Gasteiger partial charge < -0.3 is 15.4 Å². The number of rotatable bonds is 7. The molecule has 2 N–H and O–H groups in total. The van der Waals surface area contributed by atoms with Crippen LogP contribution >= 0.6 is 0 Å². The summed E-state index contributed by atoms with van der Waals surface area (Å²) < 4.78 is 19.0. The molecule has 0 fully saturated rings. The zero-order valence-corrected chi connectivity index (χ0v) is 16.9. The molecule has 0 spiro atoms. The van der Waals surface area contributed by atoms with E-state index in [1.165, 1.54) is 19.2 Å². The fourth-order valence-corrected chi connectivity index (χ4v) is 3.11. The molecule has 0 unspecified atom stereocenters. The first-order valence-corrected chi connectivity index (χ1v) is 9.55. The van der Waals surface area contributed by atoms with Crippen LogP contribution in [0.25, 0.3) is 11.1 Å². The molecule has 30 heavy (non-hydrogen) atoms. The quantitative estimate of drug-likeness (QED) is 0.584. The number of methoxy groups -OCH3 is 1. The van der Waals surface area contributed by atoms with Gasteiger partial charge in [0.15, 0.2) is 0 Å². The predicted octanol–water partition coefficient (Wildman–Crippen LogP) is 3.97. The lowest BCUT2D eigenvalue weighted by Crippen LogP contribution is -2.34. The highest BCUT2D eigenvalue weighted by Crippen LogP contribution is 2.31. The molecule has 3 aromatic rings. The van der Waals surface area contributed by atoms with Crippen LogP contribution in [0.1, 0.15) is 26.3 Å². The van der Waals surface area contributed by atoms with Crippen molar-refractivity contribution < 1.29 is 18.7 Å². The highest BCUT2D eigenvalue weighted by molar-refractivity contribution is 5.96. The summed E-state index contributed by atoms with van der Waals surface area (Å²) in [7, 11) is 1.51. The molecule has 0 atom stereocenters. The van der Waals surface area contributed by atoms with E-state index in [0.29, 0.717) is 34.5 Å². The first-order chi connectivity index (χ1) is 14.5. The maximum absolute atomic E-state index is 13.7. The smallest absolute Gasteiger partial charge is 0.251 e. The van der Waals surface area contributed by atoms with Gasteiger partial charge in [-0.1, -0.05) is 30.3 Å². The lowest BCUT2D eigenvalue weighted by atomic mass is 10.0. The number of nitrogens with one attached hydrogen (secondary N) is 2. The molecule has 6 heteroatoms.